The van der Waals surface area contributed by atoms with Gasteiger partial charge in [-0.1, -0.05) is 43.3 Å². The molecule has 34 heavy (non-hydrogen) atoms. The highest BCUT2D eigenvalue weighted by Gasteiger charge is 2.59. The maximum Gasteiger partial charge on any atom is 0.408 e. The van der Waals surface area contributed by atoms with Crippen molar-refractivity contribution in [3.63, 3.8) is 0 Å². The summed E-state index contributed by atoms with van der Waals surface area (Å²) in [6.07, 6.45) is -4.21. The molecule has 2 aliphatic rings. The molecule has 1 spiro atoms. The second-order valence-electron chi connectivity index (χ2n) is 8.76. The van der Waals surface area contributed by atoms with Crippen molar-refractivity contribution in [3.8, 4) is 0 Å². The predicted molar refractivity (Wildman–Crippen MR) is 114 cm³/mol. The molecule has 1 N–H and O–H groups in total. The molecule has 2 unspecified atom stereocenters. The van der Waals surface area contributed by atoms with E-state index in [0.29, 0.717) is 21.8 Å². The van der Waals surface area contributed by atoms with Crippen LogP contribution >= 0.6 is 0 Å². The van der Waals surface area contributed by atoms with Gasteiger partial charge in [0.25, 0.3) is 5.91 Å². The second-order valence-corrected chi connectivity index (χ2v) is 8.76. The van der Waals surface area contributed by atoms with Gasteiger partial charge in [0.15, 0.2) is 0 Å². The SMILES string of the molecule is CC1Cc2ccccc2C12NC(=O)N(CC(=O)N(Cc1ccc(F)cc1)[C@@H](C)C(F)(F)F)C2=O. The topological polar surface area (TPSA) is 69.7 Å². The Balaban J connectivity index is 1.61. The molecule has 4 amide bonds. The third-order valence-electron chi connectivity index (χ3n) is 6.66. The molecule has 10 heteroatoms. The van der Waals surface area contributed by atoms with Gasteiger partial charge in [-0.2, -0.15) is 13.2 Å². The molecule has 2 aromatic carbocycles. The molecule has 0 saturated carbocycles. The smallest absolute Gasteiger partial charge is 0.325 e. The Morgan fingerprint density at radius 3 is 2.47 bits per heavy atom. The minimum Gasteiger partial charge on any atom is -0.325 e. The van der Waals surface area contributed by atoms with Gasteiger partial charge < -0.3 is 10.2 Å². The van der Waals surface area contributed by atoms with Gasteiger partial charge in [-0.25, -0.2) is 9.18 Å². The third kappa shape index (κ3) is 3.91. The van der Waals surface area contributed by atoms with Crippen LogP contribution in [0.2, 0.25) is 0 Å². The zero-order valence-corrected chi connectivity index (χ0v) is 18.5. The zero-order valence-electron chi connectivity index (χ0n) is 18.5. The third-order valence-corrected chi connectivity index (χ3v) is 6.66. The Morgan fingerprint density at radius 1 is 1.18 bits per heavy atom. The van der Waals surface area contributed by atoms with Crippen molar-refractivity contribution < 1.29 is 31.9 Å². The summed E-state index contributed by atoms with van der Waals surface area (Å²) in [5.41, 5.74) is 0.437. The minimum atomic E-state index is -4.74. The van der Waals surface area contributed by atoms with E-state index in [0.717, 1.165) is 24.6 Å². The first-order chi connectivity index (χ1) is 15.9. The van der Waals surface area contributed by atoms with Gasteiger partial charge in [0.05, 0.1) is 0 Å². The number of alkyl halides is 3. The lowest BCUT2D eigenvalue weighted by Crippen LogP contribution is -2.51. The lowest BCUT2D eigenvalue weighted by Gasteiger charge is -2.32. The molecular weight excluding hydrogens is 454 g/mol. The van der Waals surface area contributed by atoms with E-state index < -0.39 is 54.5 Å². The highest BCUT2D eigenvalue weighted by Crippen LogP contribution is 2.45. The fourth-order valence-corrected chi connectivity index (χ4v) is 4.72. The quantitative estimate of drug-likeness (QED) is 0.527. The second kappa shape index (κ2) is 8.41. The van der Waals surface area contributed by atoms with Crippen LogP contribution in [-0.4, -0.2) is 46.4 Å². The van der Waals surface area contributed by atoms with Crippen LogP contribution in [-0.2, 0) is 28.1 Å². The van der Waals surface area contributed by atoms with E-state index in [1.165, 1.54) is 12.1 Å². The Morgan fingerprint density at radius 2 is 1.82 bits per heavy atom. The fourth-order valence-electron chi connectivity index (χ4n) is 4.72. The monoisotopic (exact) mass is 477 g/mol. The highest BCUT2D eigenvalue weighted by molar-refractivity contribution is 6.10. The van der Waals surface area contributed by atoms with Crippen LogP contribution in [0.1, 0.15) is 30.5 Å². The Labute approximate surface area is 193 Å². The van der Waals surface area contributed by atoms with Crippen LogP contribution in [0, 0.1) is 11.7 Å². The van der Waals surface area contributed by atoms with Crippen molar-refractivity contribution in [2.75, 3.05) is 6.54 Å². The molecule has 2 aromatic rings. The fraction of sp³-hybridized carbons (Fsp3) is 0.375. The van der Waals surface area contributed by atoms with Gasteiger partial charge in [-0.3, -0.25) is 14.5 Å². The predicted octanol–water partition coefficient (Wildman–Crippen LogP) is 3.74. The van der Waals surface area contributed by atoms with Crippen molar-refractivity contribution in [1.29, 1.82) is 0 Å². The van der Waals surface area contributed by atoms with E-state index in [1.807, 2.05) is 12.1 Å². The number of hydrogen-bond acceptors (Lipinski definition) is 3. The molecule has 1 saturated heterocycles. The van der Waals surface area contributed by atoms with Gasteiger partial charge >= 0.3 is 12.2 Å². The zero-order chi connectivity index (χ0) is 24.8. The number of carbonyl (C=O) groups excluding carboxylic acids is 3. The van der Waals surface area contributed by atoms with Crippen LogP contribution in [0.15, 0.2) is 48.5 Å². The van der Waals surface area contributed by atoms with Gasteiger partial charge in [-0.15, -0.1) is 0 Å². The molecular formula is C24H23F4N3O3. The summed E-state index contributed by atoms with van der Waals surface area (Å²) < 4.78 is 53.8. The molecule has 1 fully saturated rings. The molecule has 1 aliphatic carbocycles. The van der Waals surface area contributed by atoms with E-state index in [4.69, 9.17) is 0 Å². The Hall–Kier alpha value is -3.43. The maximum atomic E-state index is 13.5. The number of amides is 4. The van der Waals surface area contributed by atoms with Gasteiger partial charge in [0.2, 0.25) is 5.91 Å². The van der Waals surface area contributed by atoms with E-state index in [9.17, 15) is 31.9 Å². The van der Waals surface area contributed by atoms with Crippen molar-refractivity contribution in [1.82, 2.24) is 15.1 Å². The average molecular weight is 477 g/mol. The van der Waals surface area contributed by atoms with Crippen molar-refractivity contribution >= 4 is 17.8 Å². The molecule has 0 aromatic heterocycles. The summed E-state index contributed by atoms with van der Waals surface area (Å²) in [5, 5.41) is 2.70. The summed E-state index contributed by atoms with van der Waals surface area (Å²) in [6, 6.07) is 8.83. The van der Waals surface area contributed by atoms with Crippen LogP contribution < -0.4 is 5.32 Å². The molecule has 0 radical (unpaired) electrons. The molecule has 3 atom stereocenters. The van der Waals surface area contributed by atoms with Crippen LogP contribution in [0.3, 0.4) is 0 Å². The highest BCUT2D eigenvalue weighted by atomic mass is 19.4. The van der Waals surface area contributed by atoms with Gasteiger partial charge in [0, 0.05) is 6.54 Å². The number of hydrogen-bond donors (Lipinski definition) is 1. The van der Waals surface area contributed by atoms with Crippen LogP contribution in [0.4, 0.5) is 22.4 Å². The molecule has 180 valence electrons. The van der Waals surface area contributed by atoms with Crippen LogP contribution in [0.5, 0.6) is 0 Å². The number of urea groups is 1. The number of rotatable bonds is 5. The Kier molecular flexibility index (Phi) is 5.87. The van der Waals surface area contributed by atoms with E-state index in [-0.39, 0.29) is 11.5 Å². The normalized spacial score (nSPS) is 22.6. The summed E-state index contributed by atoms with van der Waals surface area (Å²) in [6.45, 7) is 1.32. The number of nitrogens with zero attached hydrogens (tertiary/aromatic N) is 2. The number of benzene rings is 2. The molecule has 0 bridgehead atoms. The number of halogens is 4. The van der Waals surface area contributed by atoms with Crippen molar-refractivity contribution in [2.45, 2.75) is 44.6 Å². The first kappa shape index (κ1) is 23.7. The molecule has 6 nitrogen and oxygen atoms in total. The summed E-state index contributed by atoms with van der Waals surface area (Å²) in [7, 11) is 0. The first-order valence-electron chi connectivity index (χ1n) is 10.8. The van der Waals surface area contributed by atoms with E-state index in [1.54, 1.807) is 19.1 Å². The van der Waals surface area contributed by atoms with Crippen LogP contribution in [0.25, 0.3) is 0 Å². The molecule has 1 heterocycles. The summed E-state index contributed by atoms with van der Waals surface area (Å²) >= 11 is 0. The lowest BCUT2D eigenvalue weighted by atomic mass is 9.84. The largest absolute Gasteiger partial charge is 0.408 e. The standard InChI is InChI=1S/C24H23F4N3O3/c1-14-11-17-5-3-4-6-19(17)23(14)21(33)31(22(34)29-23)13-20(32)30(15(2)24(26,27)28)12-16-7-9-18(25)10-8-16/h3-10,14-15H,11-13H2,1-2H3,(H,29,34)/t14?,15-,23?/m0/s1. The average Bonchev–Trinajstić information content (AvgIpc) is 3.20. The summed E-state index contributed by atoms with van der Waals surface area (Å²) in [4.78, 5) is 40.5. The van der Waals surface area contributed by atoms with Gasteiger partial charge in [-0.05, 0) is 48.1 Å². The number of carbonyl (C=O) groups is 3. The molecule has 4 rings (SSSR count). The van der Waals surface area contributed by atoms with Crippen molar-refractivity contribution in [2.24, 2.45) is 5.92 Å². The van der Waals surface area contributed by atoms with E-state index >= 15 is 0 Å². The number of fused-ring (bicyclic) bond motifs is 2. The minimum absolute atomic E-state index is 0.276. The first-order valence-corrected chi connectivity index (χ1v) is 10.8. The maximum absolute atomic E-state index is 13.5. The Bertz CT molecular complexity index is 1140. The van der Waals surface area contributed by atoms with E-state index in [2.05, 4.69) is 5.32 Å². The lowest BCUT2D eigenvalue weighted by molar-refractivity contribution is -0.187. The number of imide groups is 1. The van der Waals surface area contributed by atoms with Gasteiger partial charge in [0.1, 0.15) is 23.9 Å². The summed E-state index contributed by atoms with van der Waals surface area (Å²) in [5.74, 6) is -2.58. The number of nitrogens with one attached hydrogen (secondary N) is 1. The van der Waals surface area contributed by atoms with Crippen molar-refractivity contribution in [3.05, 3.63) is 71.0 Å². The molecule has 1 aliphatic heterocycles.